The van der Waals surface area contributed by atoms with Gasteiger partial charge in [0.25, 0.3) is 0 Å². The number of nitrogens with zero attached hydrogens (tertiary/aromatic N) is 2. The molecule has 1 aromatic rings. The number of rotatable bonds is 8. The van der Waals surface area contributed by atoms with Crippen LogP contribution in [0.2, 0.25) is 0 Å². The second-order valence-electron chi connectivity index (χ2n) is 8.69. The molecule has 0 aromatic heterocycles. The smallest absolute Gasteiger partial charge is 0.248 e. The number of alkyl halides is 2. The highest BCUT2D eigenvalue weighted by Crippen LogP contribution is 2.44. The third-order valence-corrected chi connectivity index (χ3v) is 8.74. The van der Waals surface area contributed by atoms with Gasteiger partial charge >= 0.3 is 0 Å². The first kappa shape index (κ1) is 27.1. The Bertz CT molecular complexity index is 880. The predicted molar refractivity (Wildman–Crippen MR) is 121 cm³/mol. The average molecular weight is 497 g/mol. The van der Waals surface area contributed by atoms with Gasteiger partial charge in [-0.1, -0.05) is 19.1 Å². The van der Waals surface area contributed by atoms with Gasteiger partial charge in [-0.25, -0.2) is 21.6 Å². The number of carbonyl (C=O) groups excluding carboxylic acids is 1. The summed E-state index contributed by atoms with van der Waals surface area (Å²) < 4.78 is 68.0. The van der Waals surface area contributed by atoms with Crippen LogP contribution in [0.25, 0.3) is 0 Å². The molecular formula is C22H32ClF3N2O3S. The molecule has 2 aliphatic rings. The molecule has 182 valence electrons. The first-order valence-corrected chi connectivity index (χ1v) is 12.6. The summed E-state index contributed by atoms with van der Waals surface area (Å²) in [4.78, 5) is 14.7. The molecule has 1 aliphatic carbocycles. The maximum absolute atomic E-state index is 14.0. The lowest BCUT2D eigenvalue weighted by atomic mass is 9.74. The molecule has 3 rings (SSSR count). The molecule has 0 spiro atoms. The zero-order valence-corrected chi connectivity index (χ0v) is 20.0. The molecular weight excluding hydrogens is 465 g/mol. The molecule has 0 amide bonds. The minimum atomic E-state index is -3.30. The number of halogens is 4. The predicted octanol–water partition coefficient (Wildman–Crippen LogP) is 4.52. The number of benzene rings is 1. The van der Waals surface area contributed by atoms with Crippen LogP contribution in [0.4, 0.5) is 13.2 Å². The van der Waals surface area contributed by atoms with Gasteiger partial charge in [0.05, 0.1) is 11.3 Å². The molecule has 0 bridgehead atoms. The lowest BCUT2D eigenvalue weighted by Crippen LogP contribution is -2.60. The van der Waals surface area contributed by atoms with Crippen LogP contribution in [0, 0.1) is 5.82 Å². The fourth-order valence-electron chi connectivity index (χ4n) is 4.80. The molecule has 0 N–H and O–H groups in total. The standard InChI is InChI=1S/C22H31F3N2O3S.ClH/c1-2-17-31(29,30)27-15-13-26(14-16-27)21(9-11-22(24,25)12-10-21)8-7-20(28)18-5-3-4-6-19(18)23;/h3-6H,2,7-17H2,1H3;1H. The van der Waals surface area contributed by atoms with Gasteiger partial charge < -0.3 is 0 Å². The number of carbonyl (C=O) groups is 1. The maximum Gasteiger partial charge on any atom is 0.248 e. The van der Waals surface area contributed by atoms with Gasteiger partial charge in [-0.15, -0.1) is 12.4 Å². The van der Waals surface area contributed by atoms with Gasteiger partial charge in [0.15, 0.2) is 5.78 Å². The molecule has 1 aliphatic heterocycles. The molecule has 5 nitrogen and oxygen atoms in total. The zero-order chi connectivity index (χ0) is 22.7. The fraction of sp³-hybridized carbons (Fsp3) is 0.682. The summed E-state index contributed by atoms with van der Waals surface area (Å²) >= 11 is 0. The zero-order valence-electron chi connectivity index (χ0n) is 18.4. The van der Waals surface area contributed by atoms with E-state index in [4.69, 9.17) is 0 Å². The second-order valence-corrected chi connectivity index (χ2v) is 10.8. The van der Waals surface area contributed by atoms with Crippen LogP contribution in [-0.2, 0) is 10.0 Å². The molecule has 2 fully saturated rings. The van der Waals surface area contributed by atoms with E-state index < -0.39 is 27.3 Å². The summed E-state index contributed by atoms with van der Waals surface area (Å²) in [5.41, 5.74) is -0.572. The Kier molecular flexibility index (Phi) is 9.18. The topological polar surface area (TPSA) is 57.7 Å². The van der Waals surface area contributed by atoms with Crippen LogP contribution in [0.5, 0.6) is 0 Å². The van der Waals surface area contributed by atoms with E-state index in [0.29, 0.717) is 39.0 Å². The normalized spacial score (nSPS) is 21.6. The van der Waals surface area contributed by atoms with Crippen LogP contribution in [0.3, 0.4) is 0 Å². The summed E-state index contributed by atoms with van der Waals surface area (Å²) in [5.74, 6) is -3.53. The Morgan fingerprint density at radius 2 is 1.62 bits per heavy atom. The van der Waals surface area contributed by atoms with E-state index in [1.165, 1.54) is 22.5 Å². The Morgan fingerprint density at radius 1 is 1.03 bits per heavy atom. The summed E-state index contributed by atoms with van der Waals surface area (Å²) in [6.45, 7) is 3.35. The van der Waals surface area contributed by atoms with Crippen molar-refractivity contribution in [1.29, 1.82) is 0 Å². The van der Waals surface area contributed by atoms with Crippen molar-refractivity contribution in [1.82, 2.24) is 9.21 Å². The molecule has 32 heavy (non-hydrogen) atoms. The first-order valence-electron chi connectivity index (χ1n) is 11.0. The molecule has 1 aromatic carbocycles. The summed E-state index contributed by atoms with van der Waals surface area (Å²) in [6.07, 6.45) is 0.946. The van der Waals surface area contributed by atoms with E-state index in [0.717, 1.165) is 0 Å². The van der Waals surface area contributed by atoms with E-state index in [1.54, 1.807) is 6.07 Å². The molecule has 10 heteroatoms. The number of piperazine rings is 1. The van der Waals surface area contributed by atoms with E-state index in [-0.39, 0.29) is 61.6 Å². The first-order chi connectivity index (χ1) is 14.6. The van der Waals surface area contributed by atoms with Crippen molar-refractivity contribution in [2.45, 2.75) is 63.3 Å². The van der Waals surface area contributed by atoms with E-state index >= 15 is 0 Å². The third-order valence-electron chi connectivity index (χ3n) is 6.67. The molecule has 1 saturated heterocycles. The Hall–Kier alpha value is -1.16. The highest BCUT2D eigenvalue weighted by molar-refractivity contribution is 7.89. The monoisotopic (exact) mass is 496 g/mol. The van der Waals surface area contributed by atoms with Gasteiger partial charge in [-0.05, 0) is 37.8 Å². The lowest BCUT2D eigenvalue weighted by molar-refractivity contribution is -0.0891. The van der Waals surface area contributed by atoms with Gasteiger partial charge in [0, 0.05) is 51.0 Å². The van der Waals surface area contributed by atoms with E-state index in [2.05, 4.69) is 4.90 Å². The molecule has 1 saturated carbocycles. The van der Waals surface area contributed by atoms with Crippen LogP contribution in [0.1, 0.15) is 62.2 Å². The average Bonchev–Trinajstić information content (AvgIpc) is 2.73. The van der Waals surface area contributed by atoms with Crippen molar-refractivity contribution >= 4 is 28.2 Å². The highest BCUT2D eigenvalue weighted by Gasteiger charge is 2.47. The number of sulfonamides is 1. The van der Waals surface area contributed by atoms with Crippen molar-refractivity contribution in [3.05, 3.63) is 35.6 Å². The van der Waals surface area contributed by atoms with Crippen molar-refractivity contribution in [3.8, 4) is 0 Å². The molecule has 0 radical (unpaired) electrons. The van der Waals surface area contributed by atoms with Crippen molar-refractivity contribution in [2.24, 2.45) is 0 Å². The van der Waals surface area contributed by atoms with Gasteiger partial charge in [0.1, 0.15) is 5.82 Å². The van der Waals surface area contributed by atoms with Gasteiger partial charge in [-0.3, -0.25) is 9.69 Å². The summed E-state index contributed by atoms with van der Waals surface area (Å²) in [5, 5.41) is 0. The SMILES string of the molecule is CCCS(=O)(=O)N1CCN(C2(CCC(=O)c3ccccc3F)CCC(F)(F)CC2)CC1.Cl. The number of hydrogen-bond acceptors (Lipinski definition) is 4. The maximum atomic E-state index is 14.0. The molecule has 0 unspecified atom stereocenters. The van der Waals surface area contributed by atoms with Crippen molar-refractivity contribution < 1.29 is 26.4 Å². The highest BCUT2D eigenvalue weighted by atomic mass is 35.5. The number of hydrogen-bond donors (Lipinski definition) is 0. The Morgan fingerprint density at radius 3 is 2.19 bits per heavy atom. The van der Waals surface area contributed by atoms with Gasteiger partial charge in [0.2, 0.25) is 15.9 Å². The van der Waals surface area contributed by atoms with E-state index in [9.17, 15) is 26.4 Å². The van der Waals surface area contributed by atoms with Crippen LogP contribution in [-0.4, -0.2) is 66.8 Å². The van der Waals surface area contributed by atoms with Crippen molar-refractivity contribution in [3.63, 3.8) is 0 Å². The van der Waals surface area contributed by atoms with E-state index in [1.807, 2.05) is 6.92 Å². The Balaban J connectivity index is 0.00000363. The lowest BCUT2D eigenvalue weighted by Gasteiger charge is -2.51. The number of ketones is 1. The summed E-state index contributed by atoms with van der Waals surface area (Å²) in [6, 6.07) is 5.79. The minimum Gasteiger partial charge on any atom is -0.295 e. The third kappa shape index (κ3) is 6.24. The van der Waals surface area contributed by atoms with Crippen LogP contribution < -0.4 is 0 Å². The second kappa shape index (κ2) is 10.8. The Labute approximate surface area is 194 Å². The largest absolute Gasteiger partial charge is 0.295 e. The summed E-state index contributed by atoms with van der Waals surface area (Å²) in [7, 11) is -3.30. The minimum absolute atomic E-state index is 0. The molecule has 0 atom stereocenters. The quantitative estimate of drug-likeness (QED) is 0.497. The fourth-order valence-corrected chi connectivity index (χ4v) is 6.30. The van der Waals surface area contributed by atoms with Crippen LogP contribution in [0.15, 0.2) is 24.3 Å². The van der Waals surface area contributed by atoms with Crippen LogP contribution >= 0.6 is 12.4 Å². The van der Waals surface area contributed by atoms with Gasteiger partial charge in [-0.2, -0.15) is 4.31 Å². The number of Topliss-reactive ketones (excluding diaryl/α,β-unsaturated/α-hetero) is 1. The van der Waals surface area contributed by atoms with Crippen molar-refractivity contribution in [2.75, 3.05) is 31.9 Å². The molecule has 1 heterocycles.